The van der Waals surface area contributed by atoms with E-state index in [-0.39, 0.29) is 5.91 Å². The van der Waals surface area contributed by atoms with Crippen molar-refractivity contribution in [2.24, 2.45) is 0 Å². The number of piperazine rings is 1. The summed E-state index contributed by atoms with van der Waals surface area (Å²) in [6.07, 6.45) is 3.70. The van der Waals surface area contributed by atoms with E-state index >= 15 is 0 Å². The fourth-order valence-corrected chi connectivity index (χ4v) is 3.50. The van der Waals surface area contributed by atoms with Crippen LogP contribution < -0.4 is 0 Å². The van der Waals surface area contributed by atoms with E-state index in [0.29, 0.717) is 0 Å². The number of hydrogen-bond donors (Lipinski definition) is 0. The highest BCUT2D eigenvalue weighted by atomic mass is 16.3. The van der Waals surface area contributed by atoms with E-state index in [0.717, 1.165) is 55.2 Å². The molecule has 0 saturated carbocycles. The molecule has 0 spiro atoms. The van der Waals surface area contributed by atoms with E-state index in [2.05, 4.69) is 4.90 Å². The fraction of sp³-hybridized carbons (Fsp3) is 0.208. The molecule has 1 fully saturated rings. The summed E-state index contributed by atoms with van der Waals surface area (Å²) < 4.78 is 5.44. The Morgan fingerprint density at radius 2 is 1.54 bits per heavy atom. The molecule has 1 aliphatic heterocycles. The van der Waals surface area contributed by atoms with Crippen LogP contribution in [0, 0.1) is 0 Å². The lowest BCUT2D eigenvalue weighted by Gasteiger charge is -2.34. The van der Waals surface area contributed by atoms with E-state index in [1.165, 1.54) is 0 Å². The zero-order valence-corrected chi connectivity index (χ0v) is 15.8. The summed E-state index contributed by atoms with van der Waals surface area (Å²) in [7, 11) is 0. The molecule has 0 unspecified atom stereocenters. The van der Waals surface area contributed by atoms with Crippen molar-refractivity contribution in [1.82, 2.24) is 9.80 Å². The SMILES string of the molecule is O=C(/C(=C\c1ccccc1)c1ccccc1)N1CCN(Cc2ccco2)CC1. The van der Waals surface area contributed by atoms with Crippen LogP contribution in [0.1, 0.15) is 16.9 Å². The van der Waals surface area contributed by atoms with Gasteiger partial charge in [0.25, 0.3) is 5.91 Å². The Labute approximate surface area is 165 Å². The lowest BCUT2D eigenvalue weighted by Crippen LogP contribution is -2.48. The molecule has 2 aromatic carbocycles. The minimum absolute atomic E-state index is 0.0905. The maximum Gasteiger partial charge on any atom is 0.254 e. The fourth-order valence-electron chi connectivity index (χ4n) is 3.50. The van der Waals surface area contributed by atoms with Gasteiger partial charge in [0, 0.05) is 31.8 Å². The van der Waals surface area contributed by atoms with Crippen LogP contribution in [0.2, 0.25) is 0 Å². The highest BCUT2D eigenvalue weighted by Gasteiger charge is 2.24. The van der Waals surface area contributed by atoms with Crippen LogP contribution >= 0.6 is 0 Å². The lowest BCUT2D eigenvalue weighted by atomic mass is 10.0. The Morgan fingerprint density at radius 3 is 2.18 bits per heavy atom. The molecule has 4 heteroatoms. The minimum Gasteiger partial charge on any atom is -0.468 e. The van der Waals surface area contributed by atoms with E-state index in [9.17, 15) is 4.79 Å². The zero-order chi connectivity index (χ0) is 19.2. The molecule has 142 valence electrons. The maximum atomic E-state index is 13.3. The third-order valence-corrected chi connectivity index (χ3v) is 5.04. The van der Waals surface area contributed by atoms with Gasteiger partial charge in [0.15, 0.2) is 0 Å². The third-order valence-electron chi connectivity index (χ3n) is 5.04. The van der Waals surface area contributed by atoms with Crippen molar-refractivity contribution >= 4 is 17.6 Å². The second kappa shape index (κ2) is 8.72. The predicted molar refractivity (Wildman–Crippen MR) is 111 cm³/mol. The van der Waals surface area contributed by atoms with Gasteiger partial charge in [-0.05, 0) is 29.3 Å². The Balaban J connectivity index is 1.49. The van der Waals surface area contributed by atoms with Crippen LogP contribution in [0.25, 0.3) is 11.6 Å². The van der Waals surface area contributed by atoms with E-state index in [1.807, 2.05) is 83.8 Å². The van der Waals surface area contributed by atoms with Gasteiger partial charge >= 0.3 is 0 Å². The van der Waals surface area contributed by atoms with Crippen LogP contribution in [0.4, 0.5) is 0 Å². The molecular weight excluding hydrogens is 348 g/mol. The quantitative estimate of drug-likeness (QED) is 0.498. The molecule has 4 rings (SSSR count). The molecule has 0 N–H and O–H groups in total. The number of amides is 1. The second-order valence-electron chi connectivity index (χ2n) is 6.98. The van der Waals surface area contributed by atoms with Gasteiger partial charge in [0.2, 0.25) is 0 Å². The van der Waals surface area contributed by atoms with Gasteiger partial charge in [-0.25, -0.2) is 0 Å². The van der Waals surface area contributed by atoms with Crippen LogP contribution in [0.3, 0.4) is 0 Å². The molecule has 1 aliphatic rings. The standard InChI is InChI=1S/C24H24N2O2/c27-24(26-15-13-25(14-16-26)19-22-12-7-17-28-22)23(21-10-5-2-6-11-21)18-20-8-3-1-4-9-20/h1-12,17-18H,13-16,19H2/b23-18-. The van der Waals surface area contributed by atoms with Crippen LogP contribution in [-0.4, -0.2) is 41.9 Å². The molecular formula is C24H24N2O2. The van der Waals surface area contributed by atoms with Crippen molar-refractivity contribution < 1.29 is 9.21 Å². The van der Waals surface area contributed by atoms with Crippen molar-refractivity contribution in [3.63, 3.8) is 0 Å². The minimum atomic E-state index is 0.0905. The summed E-state index contributed by atoms with van der Waals surface area (Å²) in [4.78, 5) is 17.6. The summed E-state index contributed by atoms with van der Waals surface area (Å²) in [5.74, 6) is 1.06. The first-order valence-electron chi connectivity index (χ1n) is 9.66. The number of carbonyl (C=O) groups is 1. The molecule has 1 saturated heterocycles. The monoisotopic (exact) mass is 372 g/mol. The molecule has 1 aromatic heterocycles. The van der Waals surface area contributed by atoms with Crippen LogP contribution in [0.5, 0.6) is 0 Å². The summed E-state index contributed by atoms with van der Waals surface area (Å²) >= 11 is 0. The van der Waals surface area contributed by atoms with Gasteiger partial charge in [0.1, 0.15) is 5.76 Å². The number of furan rings is 1. The van der Waals surface area contributed by atoms with Gasteiger partial charge in [0.05, 0.1) is 12.8 Å². The van der Waals surface area contributed by atoms with Crippen molar-refractivity contribution in [2.75, 3.05) is 26.2 Å². The normalized spacial score (nSPS) is 15.6. The Morgan fingerprint density at radius 1 is 0.857 bits per heavy atom. The molecule has 1 amide bonds. The Kier molecular flexibility index (Phi) is 5.69. The molecule has 2 heterocycles. The van der Waals surface area contributed by atoms with E-state index in [1.54, 1.807) is 6.26 Å². The number of nitrogens with zero attached hydrogens (tertiary/aromatic N) is 2. The molecule has 4 nitrogen and oxygen atoms in total. The smallest absolute Gasteiger partial charge is 0.254 e. The summed E-state index contributed by atoms with van der Waals surface area (Å²) in [6.45, 7) is 3.93. The number of carbonyl (C=O) groups excluding carboxylic acids is 1. The molecule has 0 radical (unpaired) electrons. The predicted octanol–water partition coefficient (Wildman–Crippen LogP) is 4.16. The average molecular weight is 372 g/mol. The highest BCUT2D eigenvalue weighted by molar-refractivity contribution is 6.24. The maximum absolute atomic E-state index is 13.3. The Bertz CT molecular complexity index is 910. The van der Waals surface area contributed by atoms with Crippen molar-refractivity contribution in [1.29, 1.82) is 0 Å². The van der Waals surface area contributed by atoms with Crippen molar-refractivity contribution in [3.8, 4) is 0 Å². The van der Waals surface area contributed by atoms with Crippen LogP contribution in [0.15, 0.2) is 83.5 Å². The summed E-state index contributed by atoms with van der Waals surface area (Å²) in [5, 5.41) is 0. The van der Waals surface area contributed by atoms with Crippen molar-refractivity contribution in [3.05, 3.63) is 95.9 Å². The topological polar surface area (TPSA) is 36.7 Å². The first-order valence-corrected chi connectivity index (χ1v) is 9.66. The number of hydrogen-bond acceptors (Lipinski definition) is 3. The molecule has 3 aromatic rings. The second-order valence-corrected chi connectivity index (χ2v) is 6.98. The zero-order valence-electron chi connectivity index (χ0n) is 15.8. The third kappa shape index (κ3) is 4.41. The number of rotatable bonds is 5. The van der Waals surface area contributed by atoms with E-state index in [4.69, 9.17) is 4.42 Å². The van der Waals surface area contributed by atoms with Crippen molar-refractivity contribution in [2.45, 2.75) is 6.54 Å². The van der Waals surface area contributed by atoms with Gasteiger partial charge in [-0.15, -0.1) is 0 Å². The molecule has 28 heavy (non-hydrogen) atoms. The van der Waals surface area contributed by atoms with Gasteiger partial charge in [-0.3, -0.25) is 9.69 Å². The molecule has 0 bridgehead atoms. The Hall–Kier alpha value is -3.11. The number of benzene rings is 2. The molecule has 0 atom stereocenters. The van der Waals surface area contributed by atoms with Crippen LogP contribution in [-0.2, 0) is 11.3 Å². The lowest BCUT2D eigenvalue weighted by molar-refractivity contribution is -0.126. The average Bonchev–Trinajstić information content (AvgIpc) is 3.26. The highest BCUT2D eigenvalue weighted by Crippen LogP contribution is 2.22. The van der Waals surface area contributed by atoms with Gasteiger partial charge in [-0.2, -0.15) is 0 Å². The van der Waals surface area contributed by atoms with E-state index < -0.39 is 0 Å². The largest absolute Gasteiger partial charge is 0.468 e. The van der Waals surface area contributed by atoms with Gasteiger partial charge < -0.3 is 9.32 Å². The first-order chi connectivity index (χ1) is 13.8. The first kappa shape index (κ1) is 18.3. The van der Waals surface area contributed by atoms with Gasteiger partial charge in [-0.1, -0.05) is 60.7 Å². The summed E-state index contributed by atoms with van der Waals surface area (Å²) in [5.41, 5.74) is 2.73. The molecule has 0 aliphatic carbocycles. The summed E-state index contributed by atoms with van der Waals surface area (Å²) in [6, 6.07) is 23.9.